The maximum Gasteiger partial charge on any atom is 0.317 e. The lowest BCUT2D eigenvalue weighted by Crippen LogP contribution is -2.34. The number of hydrogen-bond donors (Lipinski definition) is 2. The molecular weight excluding hydrogens is 465 g/mol. The highest BCUT2D eigenvalue weighted by atomic mass is 31.2. The van der Waals surface area contributed by atoms with Gasteiger partial charge in [0.25, 0.3) is 0 Å². The Balaban J connectivity index is 2.18. The standard InChI is InChI=1S/C27H28NO6P/c1-18-14-19(2)26(20(3)23(18)15-28(16-24(29)30)17-25(31)32)27(33)35(34,21-10-6-4-7-11-21)22-12-8-5-9-13-22/h4-14H,15-17H2,1-3H3,(H,29,30)(H,31,32). The minimum atomic E-state index is -3.75. The number of hydrogen-bond acceptors (Lipinski definition) is 5. The van der Waals surface area contributed by atoms with Crippen molar-refractivity contribution in [1.82, 2.24) is 4.90 Å². The Morgan fingerprint density at radius 1 is 0.771 bits per heavy atom. The maximum absolute atomic E-state index is 14.6. The third kappa shape index (κ3) is 5.59. The van der Waals surface area contributed by atoms with Crippen LogP contribution in [-0.2, 0) is 20.7 Å². The van der Waals surface area contributed by atoms with Crippen LogP contribution in [0.3, 0.4) is 0 Å². The Morgan fingerprint density at radius 3 is 1.66 bits per heavy atom. The molecule has 3 aromatic rings. The zero-order valence-corrected chi connectivity index (χ0v) is 20.8. The number of aryl methyl sites for hydroxylation is 2. The highest BCUT2D eigenvalue weighted by molar-refractivity contribution is 7.93. The number of aliphatic carboxylic acids is 2. The largest absolute Gasteiger partial charge is 0.480 e. The van der Waals surface area contributed by atoms with Crippen molar-refractivity contribution in [3.05, 3.63) is 94.5 Å². The van der Waals surface area contributed by atoms with Gasteiger partial charge in [0.1, 0.15) is 0 Å². The summed E-state index contributed by atoms with van der Waals surface area (Å²) in [5.74, 6) is -2.30. The minimum Gasteiger partial charge on any atom is -0.480 e. The molecule has 8 heteroatoms. The summed E-state index contributed by atoms with van der Waals surface area (Å²) in [6, 6.07) is 19.1. The molecule has 0 bridgehead atoms. The van der Waals surface area contributed by atoms with E-state index in [2.05, 4.69) is 0 Å². The fourth-order valence-corrected chi connectivity index (χ4v) is 7.00. The van der Waals surface area contributed by atoms with Crippen molar-refractivity contribution < 1.29 is 29.2 Å². The second-order valence-electron chi connectivity index (χ2n) is 8.51. The van der Waals surface area contributed by atoms with E-state index in [-0.39, 0.29) is 6.54 Å². The van der Waals surface area contributed by atoms with Crippen molar-refractivity contribution in [3.8, 4) is 0 Å². The molecule has 0 aromatic heterocycles. The van der Waals surface area contributed by atoms with E-state index < -0.39 is 37.7 Å². The Bertz CT molecular complexity index is 1240. The van der Waals surface area contributed by atoms with E-state index in [1.54, 1.807) is 80.6 Å². The third-order valence-corrected chi connectivity index (χ3v) is 8.82. The van der Waals surface area contributed by atoms with E-state index in [1.165, 1.54) is 4.90 Å². The fourth-order valence-electron chi connectivity index (χ4n) is 4.39. The number of carboxylic acids is 2. The van der Waals surface area contributed by atoms with Crippen molar-refractivity contribution >= 4 is 35.2 Å². The van der Waals surface area contributed by atoms with Gasteiger partial charge in [-0.15, -0.1) is 0 Å². The summed E-state index contributed by atoms with van der Waals surface area (Å²) >= 11 is 0. The van der Waals surface area contributed by atoms with Crippen LogP contribution in [-0.4, -0.2) is 45.7 Å². The molecular formula is C27H28NO6P. The molecule has 35 heavy (non-hydrogen) atoms. The molecule has 2 N–H and O–H groups in total. The number of carboxylic acid groups (broad SMARTS) is 2. The first-order valence-electron chi connectivity index (χ1n) is 11.1. The first-order valence-corrected chi connectivity index (χ1v) is 12.8. The predicted octanol–water partition coefficient (Wildman–Crippen LogP) is 3.74. The highest BCUT2D eigenvalue weighted by Crippen LogP contribution is 2.48. The van der Waals surface area contributed by atoms with Gasteiger partial charge < -0.3 is 14.8 Å². The molecule has 0 amide bonds. The summed E-state index contributed by atoms with van der Waals surface area (Å²) in [5, 5.41) is 19.3. The lowest BCUT2D eigenvalue weighted by molar-refractivity contribution is -0.142. The van der Waals surface area contributed by atoms with Crippen LogP contribution < -0.4 is 10.6 Å². The second kappa shape index (κ2) is 10.8. The van der Waals surface area contributed by atoms with Gasteiger partial charge in [0.2, 0.25) is 12.7 Å². The Hall–Kier alpha value is -3.54. The molecule has 0 aliphatic heterocycles. The molecule has 3 rings (SSSR count). The zero-order valence-electron chi connectivity index (χ0n) is 19.9. The van der Waals surface area contributed by atoms with Crippen LogP contribution in [0.4, 0.5) is 0 Å². The van der Waals surface area contributed by atoms with Crippen molar-refractivity contribution in [2.75, 3.05) is 13.1 Å². The predicted molar refractivity (Wildman–Crippen MR) is 135 cm³/mol. The van der Waals surface area contributed by atoms with Crippen LogP contribution >= 0.6 is 7.14 Å². The van der Waals surface area contributed by atoms with Gasteiger partial charge in [0.15, 0.2) is 0 Å². The van der Waals surface area contributed by atoms with Gasteiger partial charge in [-0.3, -0.25) is 19.3 Å². The average molecular weight is 493 g/mol. The van der Waals surface area contributed by atoms with Crippen LogP contribution in [0.25, 0.3) is 0 Å². The van der Waals surface area contributed by atoms with Gasteiger partial charge >= 0.3 is 11.9 Å². The molecule has 0 atom stereocenters. The first-order chi connectivity index (χ1) is 16.6. The van der Waals surface area contributed by atoms with Gasteiger partial charge in [0.05, 0.1) is 13.1 Å². The number of benzene rings is 3. The minimum absolute atomic E-state index is 0.0256. The van der Waals surface area contributed by atoms with Crippen LogP contribution in [0.15, 0.2) is 66.7 Å². The lowest BCUT2D eigenvalue weighted by atomic mass is 9.93. The molecule has 0 spiro atoms. The molecule has 0 unspecified atom stereocenters. The molecule has 182 valence electrons. The van der Waals surface area contributed by atoms with Crippen molar-refractivity contribution in [3.63, 3.8) is 0 Å². The molecule has 7 nitrogen and oxygen atoms in total. The van der Waals surface area contributed by atoms with Gasteiger partial charge in [-0.05, 0) is 43.0 Å². The molecule has 0 saturated heterocycles. The van der Waals surface area contributed by atoms with Crippen LogP contribution in [0, 0.1) is 20.8 Å². The normalized spacial score (nSPS) is 11.4. The first kappa shape index (κ1) is 26.1. The van der Waals surface area contributed by atoms with Crippen LogP contribution in [0.2, 0.25) is 0 Å². The number of rotatable bonds is 10. The van der Waals surface area contributed by atoms with E-state index in [0.29, 0.717) is 32.9 Å². The summed E-state index contributed by atoms with van der Waals surface area (Å²) in [6.07, 6.45) is 0. The number of nitrogens with zero attached hydrogens (tertiary/aromatic N) is 1. The third-order valence-electron chi connectivity index (χ3n) is 5.97. The molecule has 0 aliphatic rings. The zero-order chi connectivity index (χ0) is 25.8. The van der Waals surface area contributed by atoms with Gasteiger partial charge in [0, 0.05) is 22.7 Å². The summed E-state index contributed by atoms with van der Waals surface area (Å²) in [7, 11) is -3.75. The van der Waals surface area contributed by atoms with Crippen LogP contribution in [0.5, 0.6) is 0 Å². The monoisotopic (exact) mass is 493 g/mol. The van der Waals surface area contributed by atoms with Crippen molar-refractivity contribution in [1.29, 1.82) is 0 Å². The van der Waals surface area contributed by atoms with Crippen molar-refractivity contribution in [2.24, 2.45) is 0 Å². The summed E-state index contributed by atoms with van der Waals surface area (Å²) < 4.78 is 14.6. The second-order valence-corrected chi connectivity index (χ2v) is 11.2. The number of carbonyl (C=O) groups is 3. The van der Waals surface area contributed by atoms with Crippen LogP contribution in [0.1, 0.15) is 32.6 Å². The van der Waals surface area contributed by atoms with E-state index in [9.17, 15) is 29.2 Å². The van der Waals surface area contributed by atoms with Gasteiger partial charge in [-0.1, -0.05) is 66.7 Å². The number of carbonyl (C=O) groups excluding carboxylic acids is 1. The summed E-state index contributed by atoms with van der Waals surface area (Å²) in [6.45, 7) is 4.45. The molecule has 3 aromatic carbocycles. The molecule has 0 aliphatic carbocycles. The van der Waals surface area contributed by atoms with Crippen molar-refractivity contribution in [2.45, 2.75) is 27.3 Å². The molecule has 0 fully saturated rings. The quantitative estimate of drug-likeness (QED) is 0.414. The molecule has 0 heterocycles. The summed E-state index contributed by atoms with van der Waals surface area (Å²) in [4.78, 5) is 38.0. The maximum atomic E-state index is 14.6. The van der Waals surface area contributed by atoms with E-state index in [4.69, 9.17) is 0 Å². The van der Waals surface area contributed by atoms with Gasteiger partial charge in [-0.25, -0.2) is 0 Å². The van der Waals surface area contributed by atoms with E-state index in [1.807, 2.05) is 6.92 Å². The Morgan fingerprint density at radius 2 is 1.23 bits per heavy atom. The summed E-state index contributed by atoms with van der Waals surface area (Å²) in [5.41, 5.74) is 2.48. The van der Waals surface area contributed by atoms with Gasteiger partial charge in [-0.2, -0.15) is 0 Å². The Kier molecular flexibility index (Phi) is 8.05. The SMILES string of the molecule is Cc1cc(C)c(C(=O)P(=O)(c2ccccc2)c2ccccc2)c(C)c1CN(CC(=O)O)CC(=O)O. The molecule has 0 radical (unpaired) electrons. The Labute approximate surface area is 204 Å². The van der Waals surface area contributed by atoms with E-state index in [0.717, 1.165) is 5.56 Å². The lowest BCUT2D eigenvalue weighted by Gasteiger charge is -2.25. The average Bonchev–Trinajstić information content (AvgIpc) is 2.81. The van der Waals surface area contributed by atoms with E-state index >= 15 is 0 Å². The highest BCUT2D eigenvalue weighted by Gasteiger charge is 2.38. The fraction of sp³-hybridized carbons (Fsp3) is 0.222. The topological polar surface area (TPSA) is 112 Å². The molecule has 0 saturated carbocycles. The smallest absolute Gasteiger partial charge is 0.317 e.